The van der Waals surface area contributed by atoms with Crippen molar-refractivity contribution in [1.82, 2.24) is 4.98 Å². The summed E-state index contributed by atoms with van der Waals surface area (Å²) in [5, 5.41) is 0.819. The van der Waals surface area contributed by atoms with Gasteiger partial charge in [-0.25, -0.2) is 0 Å². The Balaban J connectivity index is 2.06. The van der Waals surface area contributed by atoms with Crippen molar-refractivity contribution in [2.75, 3.05) is 0 Å². The van der Waals surface area contributed by atoms with Crippen LogP contribution in [0.2, 0.25) is 0 Å². The zero-order valence-electron chi connectivity index (χ0n) is 10.7. The van der Waals surface area contributed by atoms with E-state index in [1.807, 2.05) is 12.1 Å². The van der Waals surface area contributed by atoms with E-state index in [9.17, 15) is 8.42 Å². The maximum absolute atomic E-state index is 12.3. The van der Waals surface area contributed by atoms with E-state index in [4.69, 9.17) is 4.18 Å². The molecule has 0 aliphatic carbocycles. The third-order valence-corrected chi connectivity index (χ3v) is 4.60. The second-order valence-electron chi connectivity index (χ2n) is 4.33. The number of hydrogen-bond acceptors (Lipinski definition) is 4. The molecular weight excluding hydrogens is 354 g/mol. The van der Waals surface area contributed by atoms with Gasteiger partial charge in [-0.15, -0.1) is 0 Å². The highest BCUT2D eigenvalue weighted by Gasteiger charge is 2.18. The van der Waals surface area contributed by atoms with Gasteiger partial charge in [-0.2, -0.15) is 8.42 Å². The number of benzene rings is 2. The molecular formula is C15H10BrNO3S. The molecule has 0 amide bonds. The third-order valence-electron chi connectivity index (χ3n) is 2.88. The number of para-hydroxylation sites is 1. The molecule has 3 aromatic rings. The Morgan fingerprint density at radius 3 is 2.57 bits per heavy atom. The van der Waals surface area contributed by atoms with Crippen LogP contribution in [-0.2, 0) is 10.1 Å². The summed E-state index contributed by atoms with van der Waals surface area (Å²) >= 11 is 3.25. The van der Waals surface area contributed by atoms with Crippen LogP contribution in [0, 0.1) is 0 Å². The van der Waals surface area contributed by atoms with Gasteiger partial charge in [-0.1, -0.05) is 40.2 Å². The number of halogens is 1. The van der Waals surface area contributed by atoms with E-state index in [1.165, 1.54) is 12.1 Å². The first-order valence-corrected chi connectivity index (χ1v) is 8.30. The molecule has 0 saturated heterocycles. The van der Waals surface area contributed by atoms with Crippen molar-refractivity contribution in [2.24, 2.45) is 0 Å². The van der Waals surface area contributed by atoms with Crippen LogP contribution in [0.4, 0.5) is 0 Å². The summed E-state index contributed by atoms with van der Waals surface area (Å²) in [6.07, 6.45) is 1.60. The van der Waals surface area contributed by atoms with E-state index < -0.39 is 10.1 Å². The molecule has 0 atom stereocenters. The molecule has 0 radical (unpaired) electrons. The minimum atomic E-state index is -3.90. The summed E-state index contributed by atoms with van der Waals surface area (Å²) in [6, 6.07) is 15.2. The summed E-state index contributed by atoms with van der Waals surface area (Å²) in [7, 11) is -3.90. The maximum atomic E-state index is 12.3. The Kier molecular flexibility index (Phi) is 3.65. The van der Waals surface area contributed by atoms with Crippen molar-refractivity contribution in [3.8, 4) is 5.75 Å². The third kappa shape index (κ3) is 2.91. The Bertz CT molecular complexity index is 904. The lowest BCUT2D eigenvalue weighted by molar-refractivity contribution is 0.488. The molecule has 0 aliphatic rings. The predicted octanol–water partition coefficient (Wildman–Crippen LogP) is 3.77. The van der Waals surface area contributed by atoms with Gasteiger partial charge in [0.15, 0.2) is 5.75 Å². The van der Waals surface area contributed by atoms with E-state index in [-0.39, 0.29) is 10.6 Å². The summed E-state index contributed by atoms with van der Waals surface area (Å²) in [5.41, 5.74) is 0.513. The molecule has 0 fully saturated rings. The molecule has 2 aromatic carbocycles. The van der Waals surface area contributed by atoms with E-state index in [1.54, 1.807) is 36.5 Å². The molecule has 106 valence electrons. The lowest BCUT2D eigenvalue weighted by Gasteiger charge is -2.09. The average Bonchev–Trinajstić information content (AvgIpc) is 2.47. The summed E-state index contributed by atoms with van der Waals surface area (Å²) in [6.45, 7) is 0. The van der Waals surface area contributed by atoms with Gasteiger partial charge in [0.25, 0.3) is 0 Å². The van der Waals surface area contributed by atoms with Gasteiger partial charge in [0.2, 0.25) is 0 Å². The lowest BCUT2D eigenvalue weighted by atomic mass is 10.2. The molecule has 3 rings (SSSR count). The molecule has 1 aromatic heterocycles. The van der Waals surface area contributed by atoms with Crippen LogP contribution in [0.1, 0.15) is 0 Å². The average molecular weight is 364 g/mol. The second-order valence-corrected chi connectivity index (χ2v) is 6.79. The molecule has 0 bridgehead atoms. The van der Waals surface area contributed by atoms with Crippen LogP contribution < -0.4 is 4.18 Å². The number of rotatable bonds is 3. The lowest BCUT2D eigenvalue weighted by Crippen LogP contribution is -2.10. The number of fused-ring (bicyclic) bond motifs is 1. The van der Waals surface area contributed by atoms with Crippen LogP contribution in [-0.4, -0.2) is 13.4 Å². The summed E-state index contributed by atoms with van der Waals surface area (Å²) in [4.78, 5) is 4.27. The molecule has 0 spiro atoms. The number of aromatic nitrogens is 1. The first-order valence-electron chi connectivity index (χ1n) is 6.10. The molecule has 1 heterocycles. The van der Waals surface area contributed by atoms with Crippen molar-refractivity contribution in [1.29, 1.82) is 0 Å². The highest BCUT2D eigenvalue weighted by atomic mass is 79.9. The quantitative estimate of drug-likeness (QED) is 0.664. The topological polar surface area (TPSA) is 56.3 Å². The molecule has 6 heteroatoms. The summed E-state index contributed by atoms with van der Waals surface area (Å²) in [5.74, 6) is 0.216. The second kappa shape index (κ2) is 5.46. The zero-order chi connectivity index (χ0) is 14.9. The van der Waals surface area contributed by atoms with Gasteiger partial charge < -0.3 is 4.18 Å². The first kappa shape index (κ1) is 14.0. The first-order chi connectivity index (χ1) is 10.1. The van der Waals surface area contributed by atoms with Gasteiger partial charge in [0.05, 0.1) is 0 Å². The van der Waals surface area contributed by atoms with Crippen molar-refractivity contribution in [3.05, 3.63) is 65.3 Å². The molecule has 0 N–H and O–H groups in total. The zero-order valence-corrected chi connectivity index (χ0v) is 13.1. The summed E-state index contributed by atoms with van der Waals surface area (Å²) < 4.78 is 30.6. The number of pyridine rings is 1. The highest BCUT2D eigenvalue weighted by molar-refractivity contribution is 9.10. The van der Waals surface area contributed by atoms with E-state index >= 15 is 0 Å². The Labute approximate surface area is 130 Å². The molecule has 0 aliphatic heterocycles. The monoisotopic (exact) mass is 363 g/mol. The van der Waals surface area contributed by atoms with Crippen molar-refractivity contribution in [3.63, 3.8) is 0 Å². The van der Waals surface area contributed by atoms with Crippen LogP contribution in [0.15, 0.2) is 70.2 Å². The highest BCUT2D eigenvalue weighted by Crippen LogP contribution is 2.27. The molecule has 4 nitrogen and oxygen atoms in total. The van der Waals surface area contributed by atoms with Gasteiger partial charge >= 0.3 is 10.1 Å². The Morgan fingerprint density at radius 1 is 1.00 bits per heavy atom. The van der Waals surface area contributed by atoms with Crippen LogP contribution in [0.25, 0.3) is 10.9 Å². The van der Waals surface area contributed by atoms with E-state index in [0.29, 0.717) is 9.99 Å². The molecule has 0 saturated carbocycles. The van der Waals surface area contributed by atoms with Crippen LogP contribution >= 0.6 is 15.9 Å². The minimum absolute atomic E-state index is 0.0878. The smallest absolute Gasteiger partial charge is 0.339 e. The minimum Gasteiger partial charge on any atom is -0.377 e. The SMILES string of the molecule is O=S(=O)(Oc1cccc2cccnc12)c1cccc(Br)c1. The van der Waals surface area contributed by atoms with Gasteiger partial charge in [-0.3, -0.25) is 4.98 Å². The molecule has 0 unspecified atom stereocenters. The maximum Gasteiger partial charge on any atom is 0.339 e. The van der Waals surface area contributed by atoms with Gasteiger partial charge in [-0.05, 0) is 30.3 Å². The van der Waals surface area contributed by atoms with Crippen molar-refractivity contribution >= 4 is 37.0 Å². The van der Waals surface area contributed by atoms with Gasteiger partial charge in [0, 0.05) is 16.1 Å². The number of nitrogens with zero attached hydrogens (tertiary/aromatic N) is 1. The fourth-order valence-corrected chi connectivity index (χ4v) is 3.47. The largest absolute Gasteiger partial charge is 0.377 e. The normalized spacial score (nSPS) is 11.5. The van der Waals surface area contributed by atoms with Crippen molar-refractivity contribution in [2.45, 2.75) is 4.90 Å². The van der Waals surface area contributed by atoms with E-state index in [0.717, 1.165) is 5.39 Å². The van der Waals surface area contributed by atoms with E-state index in [2.05, 4.69) is 20.9 Å². The van der Waals surface area contributed by atoms with Gasteiger partial charge in [0.1, 0.15) is 10.4 Å². The van der Waals surface area contributed by atoms with Crippen LogP contribution in [0.3, 0.4) is 0 Å². The van der Waals surface area contributed by atoms with Crippen LogP contribution in [0.5, 0.6) is 5.75 Å². The fourth-order valence-electron chi connectivity index (χ4n) is 1.93. The standard InChI is InChI=1S/C15H10BrNO3S/c16-12-6-2-7-13(10-12)21(18,19)20-14-8-1-4-11-5-3-9-17-15(11)14/h1-10H. The molecule has 21 heavy (non-hydrogen) atoms. The number of hydrogen-bond donors (Lipinski definition) is 0. The van der Waals surface area contributed by atoms with Crippen molar-refractivity contribution < 1.29 is 12.6 Å². The fraction of sp³-hybridized carbons (Fsp3) is 0. The Hall–Kier alpha value is -1.92. The predicted molar refractivity (Wildman–Crippen MR) is 83.7 cm³/mol. The Morgan fingerprint density at radius 2 is 1.76 bits per heavy atom.